The molecular formula is C13H12N2O3S2. The highest BCUT2D eigenvalue weighted by Gasteiger charge is 2.09. The van der Waals surface area contributed by atoms with Crippen LogP contribution in [0.2, 0.25) is 0 Å². The molecule has 1 amide bonds. The van der Waals surface area contributed by atoms with Gasteiger partial charge in [-0.3, -0.25) is 4.79 Å². The lowest BCUT2D eigenvalue weighted by atomic mass is 10.4. The van der Waals surface area contributed by atoms with Crippen LogP contribution < -0.4 is 5.32 Å². The van der Waals surface area contributed by atoms with Crippen molar-refractivity contribution in [2.45, 2.75) is 13.5 Å². The lowest BCUT2D eigenvalue weighted by Crippen LogP contribution is -2.21. The van der Waals surface area contributed by atoms with Crippen molar-refractivity contribution < 1.29 is 14.7 Å². The summed E-state index contributed by atoms with van der Waals surface area (Å²) in [6, 6.07) is 3.39. The van der Waals surface area contributed by atoms with Crippen molar-refractivity contribution in [1.82, 2.24) is 10.3 Å². The van der Waals surface area contributed by atoms with Gasteiger partial charge in [0.25, 0.3) is 5.91 Å². The van der Waals surface area contributed by atoms with Gasteiger partial charge in [0, 0.05) is 22.0 Å². The number of nitrogens with one attached hydrogen (secondary N) is 1. The molecule has 2 rings (SSSR count). The fourth-order valence-corrected chi connectivity index (χ4v) is 3.00. The molecule has 0 unspecified atom stereocenters. The largest absolute Gasteiger partial charge is 0.478 e. The van der Waals surface area contributed by atoms with Gasteiger partial charge < -0.3 is 10.4 Å². The maximum atomic E-state index is 11.9. The minimum Gasteiger partial charge on any atom is -0.478 e. The Morgan fingerprint density at radius 1 is 1.40 bits per heavy atom. The molecule has 0 atom stereocenters. The van der Waals surface area contributed by atoms with E-state index in [9.17, 15) is 9.59 Å². The second-order valence-electron chi connectivity index (χ2n) is 3.92. The van der Waals surface area contributed by atoms with Crippen molar-refractivity contribution in [2.24, 2.45) is 0 Å². The van der Waals surface area contributed by atoms with E-state index in [4.69, 9.17) is 5.11 Å². The van der Waals surface area contributed by atoms with E-state index in [0.717, 1.165) is 20.8 Å². The zero-order valence-electron chi connectivity index (χ0n) is 10.6. The summed E-state index contributed by atoms with van der Waals surface area (Å²) in [5.41, 5.74) is 0. The van der Waals surface area contributed by atoms with Crippen LogP contribution in [-0.4, -0.2) is 22.0 Å². The van der Waals surface area contributed by atoms with Crippen LogP contribution in [0.1, 0.15) is 24.4 Å². The van der Waals surface area contributed by atoms with Crippen molar-refractivity contribution in [3.8, 4) is 0 Å². The van der Waals surface area contributed by atoms with Crippen molar-refractivity contribution in [1.29, 1.82) is 0 Å². The van der Waals surface area contributed by atoms with Crippen LogP contribution in [0.25, 0.3) is 6.08 Å². The molecule has 2 aromatic rings. The molecule has 0 bridgehead atoms. The summed E-state index contributed by atoms with van der Waals surface area (Å²) in [4.78, 5) is 28.9. The van der Waals surface area contributed by atoms with Crippen LogP contribution in [0.3, 0.4) is 0 Å². The first-order chi connectivity index (χ1) is 9.54. The van der Waals surface area contributed by atoms with E-state index in [0.29, 0.717) is 11.4 Å². The molecule has 5 nitrogen and oxygen atoms in total. The summed E-state index contributed by atoms with van der Waals surface area (Å²) >= 11 is 2.79. The average molecular weight is 308 g/mol. The summed E-state index contributed by atoms with van der Waals surface area (Å²) in [5, 5.41) is 12.2. The van der Waals surface area contributed by atoms with Crippen LogP contribution in [0.15, 0.2) is 24.4 Å². The van der Waals surface area contributed by atoms with Gasteiger partial charge in [-0.2, -0.15) is 0 Å². The van der Waals surface area contributed by atoms with Crippen LogP contribution in [0.5, 0.6) is 0 Å². The second kappa shape index (κ2) is 6.44. The molecule has 20 heavy (non-hydrogen) atoms. The van der Waals surface area contributed by atoms with Gasteiger partial charge in [-0.25, -0.2) is 9.78 Å². The smallest absolute Gasteiger partial charge is 0.328 e. The third-order valence-electron chi connectivity index (χ3n) is 2.31. The maximum Gasteiger partial charge on any atom is 0.328 e. The summed E-state index contributed by atoms with van der Waals surface area (Å²) in [6.45, 7) is 2.36. The van der Waals surface area contributed by atoms with Gasteiger partial charge in [0.1, 0.15) is 5.01 Å². The molecule has 104 valence electrons. The van der Waals surface area contributed by atoms with Gasteiger partial charge in [-0.15, -0.1) is 22.7 Å². The highest BCUT2D eigenvalue weighted by atomic mass is 32.1. The molecule has 0 fully saturated rings. The van der Waals surface area contributed by atoms with Gasteiger partial charge in [0.2, 0.25) is 0 Å². The Kier molecular flexibility index (Phi) is 4.65. The summed E-state index contributed by atoms with van der Waals surface area (Å²) in [7, 11) is 0. The lowest BCUT2D eigenvalue weighted by molar-refractivity contribution is -0.131. The quantitative estimate of drug-likeness (QED) is 0.832. The molecule has 0 saturated carbocycles. The van der Waals surface area contributed by atoms with Crippen LogP contribution in [0, 0.1) is 6.92 Å². The topological polar surface area (TPSA) is 79.3 Å². The normalized spacial score (nSPS) is 10.8. The first-order valence-corrected chi connectivity index (χ1v) is 7.38. The monoisotopic (exact) mass is 308 g/mol. The first kappa shape index (κ1) is 14.4. The first-order valence-electron chi connectivity index (χ1n) is 5.75. The number of amides is 1. The highest BCUT2D eigenvalue weighted by Crippen LogP contribution is 2.18. The number of hydrogen-bond donors (Lipinski definition) is 2. The van der Waals surface area contributed by atoms with E-state index < -0.39 is 5.97 Å². The van der Waals surface area contributed by atoms with Crippen LogP contribution in [0.4, 0.5) is 0 Å². The third-order valence-corrected chi connectivity index (χ3v) is 4.27. The Hall–Kier alpha value is -1.99. The van der Waals surface area contributed by atoms with Crippen LogP contribution >= 0.6 is 22.7 Å². The van der Waals surface area contributed by atoms with Gasteiger partial charge >= 0.3 is 5.97 Å². The molecule has 2 N–H and O–H groups in total. The number of carboxylic acid groups (broad SMARTS) is 1. The van der Waals surface area contributed by atoms with E-state index >= 15 is 0 Å². The minimum atomic E-state index is -1.01. The highest BCUT2D eigenvalue weighted by molar-refractivity contribution is 7.14. The summed E-state index contributed by atoms with van der Waals surface area (Å²) in [6.07, 6.45) is 4.28. The van der Waals surface area contributed by atoms with Crippen molar-refractivity contribution in [2.75, 3.05) is 0 Å². The zero-order chi connectivity index (χ0) is 14.5. The molecular weight excluding hydrogens is 296 g/mol. The maximum absolute atomic E-state index is 11.9. The van der Waals surface area contributed by atoms with E-state index in [1.807, 2.05) is 6.92 Å². The van der Waals surface area contributed by atoms with E-state index in [1.165, 1.54) is 17.4 Å². The molecule has 0 spiro atoms. The van der Waals surface area contributed by atoms with E-state index in [2.05, 4.69) is 10.3 Å². The second-order valence-corrected chi connectivity index (χ2v) is 6.36. The fraction of sp³-hybridized carbons (Fsp3) is 0.154. The predicted molar refractivity (Wildman–Crippen MR) is 79.0 cm³/mol. The van der Waals surface area contributed by atoms with Crippen molar-refractivity contribution >= 4 is 40.6 Å². The summed E-state index contributed by atoms with van der Waals surface area (Å²) < 4.78 is 0. The number of nitrogens with zero attached hydrogens (tertiary/aromatic N) is 1. The number of carbonyl (C=O) groups excluding carboxylic acids is 1. The number of carboxylic acids is 1. The number of rotatable bonds is 5. The third kappa shape index (κ3) is 4.01. The number of thiazole rings is 1. The zero-order valence-corrected chi connectivity index (χ0v) is 12.3. The Bertz CT molecular complexity index is 658. The Morgan fingerprint density at radius 3 is 2.85 bits per heavy atom. The molecule has 2 heterocycles. The molecule has 7 heteroatoms. The molecule has 0 aromatic carbocycles. The average Bonchev–Trinajstić information content (AvgIpc) is 3.02. The van der Waals surface area contributed by atoms with Gasteiger partial charge in [-0.05, 0) is 25.1 Å². The number of thiophene rings is 1. The SMILES string of the molecule is Cc1cnc(CNC(=O)c2ccc(/C=C/C(=O)O)s2)s1. The Labute approximate surface area is 123 Å². The molecule has 0 saturated heterocycles. The molecule has 0 aliphatic carbocycles. The number of carbonyl (C=O) groups is 2. The molecule has 0 aliphatic rings. The Morgan fingerprint density at radius 2 is 2.20 bits per heavy atom. The lowest BCUT2D eigenvalue weighted by Gasteiger charge is -1.99. The molecule has 0 radical (unpaired) electrons. The van der Waals surface area contributed by atoms with E-state index in [1.54, 1.807) is 29.7 Å². The standard InChI is InChI=1S/C13H12N2O3S2/c1-8-6-14-11(19-8)7-15-13(18)10-4-2-9(20-10)3-5-12(16)17/h2-6H,7H2,1H3,(H,15,18)(H,16,17)/b5-3+. The molecule has 0 aliphatic heterocycles. The van der Waals surface area contributed by atoms with Gasteiger partial charge in [0.15, 0.2) is 0 Å². The number of aliphatic carboxylic acids is 1. The van der Waals surface area contributed by atoms with E-state index in [-0.39, 0.29) is 5.91 Å². The van der Waals surface area contributed by atoms with Crippen LogP contribution in [-0.2, 0) is 11.3 Å². The number of hydrogen-bond acceptors (Lipinski definition) is 5. The minimum absolute atomic E-state index is 0.183. The number of aromatic nitrogens is 1. The summed E-state index contributed by atoms with van der Waals surface area (Å²) in [5.74, 6) is -1.19. The fourth-order valence-electron chi connectivity index (χ4n) is 1.44. The number of aryl methyl sites for hydroxylation is 1. The Balaban J connectivity index is 1.94. The van der Waals surface area contributed by atoms with Crippen molar-refractivity contribution in [3.05, 3.63) is 44.0 Å². The van der Waals surface area contributed by atoms with Gasteiger partial charge in [0.05, 0.1) is 11.4 Å². The molecule has 2 aromatic heterocycles. The van der Waals surface area contributed by atoms with Gasteiger partial charge in [-0.1, -0.05) is 0 Å². The van der Waals surface area contributed by atoms with Crippen molar-refractivity contribution in [3.63, 3.8) is 0 Å². The predicted octanol–water partition coefficient (Wildman–Crippen LogP) is 2.54.